The second-order valence-electron chi connectivity index (χ2n) is 9.56. The maximum atomic E-state index is 13.7. The van der Waals surface area contributed by atoms with E-state index in [1.165, 1.54) is 0 Å². The molecule has 0 aliphatic rings. The summed E-state index contributed by atoms with van der Waals surface area (Å²) < 4.78 is 0. The van der Waals surface area contributed by atoms with Gasteiger partial charge in [0.2, 0.25) is 11.8 Å². The Hall–Kier alpha value is -1.33. The number of halogens is 2. The van der Waals surface area contributed by atoms with Crippen molar-refractivity contribution < 1.29 is 56.1 Å². The number of hydrogen-bond acceptors (Lipinski definition) is 2. The first kappa shape index (κ1) is 34.8. The zero-order chi connectivity index (χ0) is 23.5. The number of nitrogens with zero attached hydrogens (tertiary/aromatic N) is 1. The van der Waals surface area contributed by atoms with Crippen molar-refractivity contribution in [2.75, 3.05) is 4.90 Å². The van der Waals surface area contributed by atoms with Crippen molar-refractivity contribution in [2.45, 2.75) is 85.5 Å². The monoisotopic (exact) mass is 540 g/mol. The largest absolute Gasteiger partial charge is 2.00 e. The number of amides is 2. The molecule has 0 bridgehead atoms. The maximum Gasteiger partial charge on any atom is 2.00 e. The van der Waals surface area contributed by atoms with Crippen molar-refractivity contribution in [1.29, 1.82) is 0 Å². The third-order valence-corrected chi connectivity index (χ3v) is 5.71. The Labute approximate surface area is 233 Å². The molecular formula is C27H38Cl2N2O2Ti. The number of benzene rings is 2. The van der Waals surface area contributed by atoms with Crippen LogP contribution in [0.4, 0.5) is 11.4 Å². The van der Waals surface area contributed by atoms with Crippen LogP contribution < -0.4 is 35.4 Å². The second kappa shape index (κ2) is 14.9. The molecule has 0 fully saturated rings. The van der Waals surface area contributed by atoms with Crippen LogP contribution in [0.15, 0.2) is 36.4 Å². The third-order valence-electron chi connectivity index (χ3n) is 5.71. The summed E-state index contributed by atoms with van der Waals surface area (Å²) in [5.41, 5.74) is 11.7. The van der Waals surface area contributed by atoms with Crippen LogP contribution in [0.25, 0.3) is 0 Å². The SMILES string of the molecule is CC(C)c1cccc(C(C)C)c1N(C(=O)CC(N)=O)c1c(C(C)C)cccc1C(C)C.[Cl-].[Cl-].[Ti+2]. The van der Waals surface area contributed by atoms with Crippen LogP contribution in [0.5, 0.6) is 0 Å². The van der Waals surface area contributed by atoms with Gasteiger partial charge < -0.3 is 30.5 Å². The molecule has 0 atom stereocenters. The number of primary amides is 1. The zero-order valence-corrected chi connectivity index (χ0v) is 24.7. The summed E-state index contributed by atoms with van der Waals surface area (Å²) in [7, 11) is 0. The van der Waals surface area contributed by atoms with E-state index in [0.717, 1.165) is 33.6 Å². The Kier molecular flexibility index (Phi) is 15.3. The van der Waals surface area contributed by atoms with Crippen molar-refractivity contribution in [1.82, 2.24) is 0 Å². The van der Waals surface area contributed by atoms with Crippen molar-refractivity contribution >= 4 is 23.2 Å². The minimum Gasteiger partial charge on any atom is -1.00 e. The molecule has 2 aromatic rings. The van der Waals surface area contributed by atoms with Crippen molar-refractivity contribution in [3.63, 3.8) is 0 Å². The number of rotatable bonds is 8. The molecule has 2 rings (SSSR count). The summed E-state index contributed by atoms with van der Waals surface area (Å²) in [6, 6.07) is 12.5. The van der Waals surface area contributed by atoms with Gasteiger partial charge in [0.15, 0.2) is 0 Å². The predicted octanol–water partition coefficient (Wildman–Crippen LogP) is 0.726. The molecular weight excluding hydrogens is 503 g/mol. The number of carbonyl (C=O) groups is 2. The van der Waals surface area contributed by atoms with Gasteiger partial charge in [-0.25, -0.2) is 0 Å². The van der Waals surface area contributed by atoms with E-state index < -0.39 is 5.91 Å². The topological polar surface area (TPSA) is 63.4 Å². The van der Waals surface area contributed by atoms with Crippen LogP contribution in [0, 0.1) is 0 Å². The Balaban J connectivity index is 0. The normalized spacial score (nSPS) is 10.6. The summed E-state index contributed by atoms with van der Waals surface area (Å²) in [5, 5.41) is 0. The Morgan fingerprint density at radius 3 is 1.15 bits per heavy atom. The van der Waals surface area contributed by atoms with Gasteiger partial charge in [0.05, 0.1) is 11.4 Å². The molecule has 0 aromatic heterocycles. The first-order valence-corrected chi connectivity index (χ1v) is 11.3. The molecule has 186 valence electrons. The fraction of sp³-hybridized carbons (Fsp3) is 0.481. The number of para-hydroxylation sites is 2. The first-order valence-electron chi connectivity index (χ1n) is 11.3. The number of anilines is 2. The van der Waals surface area contributed by atoms with Crippen LogP contribution in [-0.4, -0.2) is 11.8 Å². The van der Waals surface area contributed by atoms with Gasteiger partial charge in [-0.1, -0.05) is 91.8 Å². The standard InChI is InChI=1S/C27H38N2O2.2ClH.Ti/c1-16(2)20-11-9-12-21(17(3)4)26(20)29(25(31)15-24(28)30)27-22(18(5)6)13-10-14-23(27)19(7)8;;;/h9-14,16-19H,15H2,1-8H3,(H2,28,30);2*1H;/q;;;+2/p-2. The van der Waals surface area contributed by atoms with Crippen molar-refractivity contribution in [3.05, 3.63) is 58.7 Å². The molecule has 34 heavy (non-hydrogen) atoms. The van der Waals surface area contributed by atoms with Gasteiger partial charge in [0.25, 0.3) is 0 Å². The maximum absolute atomic E-state index is 13.7. The minimum atomic E-state index is -0.615. The van der Waals surface area contributed by atoms with E-state index in [1.807, 2.05) is 0 Å². The number of carbonyl (C=O) groups excluding carboxylic acids is 2. The summed E-state index contributed by atoms with van der Waals surface area (Å²) in [5.74, 6) is -0.0380. The van der Waals surface area contributed by atoms with Crippen LogP contribution in [0.1, 0.15) is 108 Å². The molecule has 4 nitrogen and oxygen atoms in total. The fourth-order valence-corrected chi connectivity index (χ4v) is 4.13. The quantitative estimate of drug-likeness (QED) is 0.396. The molecule has 2 amide bonds. The smallest absolute Gasteiger partial charge is 1.00 e. The summed E-state index contributed by atoms with van der Waals surface area (Å²) in [6.45, 7) is 17.1. The van der Waals surface area contributed by atoms with Gasteiger partial charge in [0.1, 0.15) is 6.42 Å². The molecule has 0 radical (unpaired) electrons. The molecule has 0 unspecified atom stereocenters. The zero-order valence-electron chi connectivity index (χ0n) is 21.6. The van der Waals surface area contributed by atoms with E-state index >= 15 is 0 Å². The molecule has 0 aliphatic carbocycles. The molecule has 0 saturated heterocycles. The van der Waals surface area contributed by atoms with Gasteiger partial charge in [0, 0.05) is 0 Å². The fourth-order valence-electron chi connectivity index (χ4n) is 4.13. The Morgan fingerprint density at radius 2 is 0.941 bits per heavy atom. The summed E-state index contributed by atoms with van der Waals surface area (Å²) in [4.78, 5) is 27.3. The average Bonchev–Trinajstić information content (AvgIpc) is 2.67. The van der Waals surface area contributed by atoms with Gasteiger partial charge in [-0.2, -0.15) is 0 Å². The minimum absolute atomic E-state index is 0. The molecule has 7 heteroatoms. The molecule has 2 aromatic carbocycles. The molecule has 0 spiro atoms. The number of nitrogens with two attached hydrogens (primary N) is 1. The van der Waals surface area contributed by atoms with Gasteiger partial charge in [-0.05, 0) is 45.9 Å². The Morgan fingerprint density at radius 1 is 0.676 bits per heavy atom. The summed E-state index contributed by atoms with van der Waals surface area (Å²) in [6.07, 6.45) is -0.325. The first-order chi connectivity index (χ1) is 14.5. The van der Waals surface area contributed by atoms with Gasteiger partial charge >= 0.3 is 21.7 Å². The molecule has 0 saturated carbocycles. The van der Waals surface area contributed by atoms with E-state index in [1.54, 1.807) is 4.90 Å². The van der Waals surface area contributed by atoms with Gasteiger partial charge in [-0.3, -0.25) is 14.5 Å². The average molecular weight is 541 g/mol. The van der Waals surface area contributed by atoms with Crippen molar-refractivity contribution in [3.8, 4) is 0 Å². The van der Waals surface area contributed by atoms with Crippen LogP contribution in [0.3, 0.4) is 0 Å². The second-order valence-corrected chi connectivity index (χ2v) is 9.56. The van der Waals surface area contributed by atoms with Gasteiger partial charge in [-0.15, -0.1) is 0 Å². The van der Waals surface area contributed by atoms with Crippen LogP contribution in [0.2, 0.25) is 0 Å². The Bertz CT molecular complexity index is 844. The summed E-state index contributed by atoms with van der Waals surface area (Å²) >= 11 is 0. The number of hydrogen-bond donors (Lipinski definition) is 1. The van der Waals surface area contributed by atoms with Crippen LogP contribution in [-0.2, 0) is 31.3 Å². The van der Waals surface area contributed by atoms with E-state index in [2.05, 4.69) is 91.8 Å². The third kappa shape index (κ3) is 7.85. The van der Waals surface area contributed by atoms with E-state index in [-0.39, 0.29) is 82.5 Å². The van der Waals surface area contributed by atoms with Crippen LogP contribution >= 0.6 is 0 Å². The van der Waals surface area contributed by atoms with E-state index in [0.29, 0.717) is 0 Å². The molecule has 2 N–H and O–H groups in total. The predicted molar refractivity (Wildman–Crippen MR) is 130 cm³/mol. The van der Waals surface area contributed by atoms with Crippen molar-refractivity contribution in [2.24, 2.45) is 5.73 Å². The molecule has 0 heterocycles. The molecule has 0 aliphatic heterocycles. The van der Waals surface area contributed by atoms with E-state index in [4.69, 9.17) is 5.73 Å². The van der Waals surface area contributed by atoms with E-state index in [9.17, 15) is 9.59 Å².